The number of aromatic nitrogens is 2. The van der Waals surface area contributed by atoms with Gasteiger partial charge in [-0.25, -0.2) is 4.98 Å². The molecule has 0 radical (unpaired) electrons. The number of aryl methyl sites for hydroxylation is 4. The van der Waals surface area contributed by atoms with E-state index in [2.05, 4.69) is 27.8 Å². The van der Waals surface area contributed by atoms with Crippen molar-refractivity contribution >= 4 is 11.8 Å². The summed E-state index contributed by atoms with van der Waals surface area (Å²) in [6.07, 6.45) is 10.9. The van der Waals surface area contributed by atoms with E-state index in [4.69, 9.17) is 9.72 Å². The van der Waals surface area contributed by atoms with Gasteiger partial charge >= 0.3 is 5.97 Å². The first-order valence-electron chi connectivity index (χ1n) is 12.2. The first-order chi connectivity index (χ1) is 16.0. The second kappa shape index (κ2) is 11.1. The maximum Gasteiger partial charge on any atom is 0.320 e. The van der Waals surface area contributed by atoms with E-state index in [9.17, 15) is 9.90 Å². The van der Waals surface area contributed by atoms with Crippen molar-refractivity contribution in [3.63, 3.8) is 0 Å². The molecule has 1 aliphatic carbocycles. The summed E-state index contributed by atoms with van der Waals surface area (Å²) in [5.41, 5.74) is 5.77. The lowest BCUT2D eigenvalue weighted by molar-refractivity contribution is -0.140. The molecule has 3 N–H and O–H groups in total. The third-order valence-electron chi connectivity index (χ3n) is 7.02. The number of carboxylic acid groups (broad SMARTS) is 1. The fourth-order valence-corrected chi connectivity index (χ4v) is 4.80. The molecule has 3 heterocycles. The molecular weight excluding hydrogens is 416 g/mol. The smallest absolute Gasteiger partial charge is 0.320 e. The molecule has 33 heavy (non-hydrogen) atoms. The van der Waals surface area contributed by atoms with E-state index < -0.39 is 12.0 Å². The summed E-state index contributed by atoms with van der Waals surface area (Å²) in [5.74, 6) is 0.915. The number of pyridine rings is 2. The van der Waals surface area contributed by atoms with Crippen LogP contribution in [0, 0.1) is 19.8 Å². The Hall–Kier alpha value is -2.51. The van der Waals surface area contributed by atoms with Gasteiger partial charge in [0.25, 0.3) is 0 Å². The largest absolute Gasteiger partial charge is 0.480 e. The number of carbonyl (C=O) groups is 1. The van der Waals surface area contributed by atoms with Crippen LogP contribution < -0.4 is 10.6 Å². The van der Waals surface area contributed by atoms with Crippen LogP contribution in [0.2, 0.25) is 0 Å². The number of aliphatic carboxylic acids is 1. The lowest BCUT2D eigenvalue weighted by Crippen LogP contribution is -2.39. The molecule has 2 aliphatic rings. The molecule has 4 rings (SSSR count). The Bertz CT molecular complexity index is 938. The molecule has 2 aromatic rings. The molecule has 0 spiro atoms. The van der Waals surface area contributed by atoms with Gasteiger partial charge in [0.05, 0.1) is 6.10 Å². The van der Waals surface area contributed by atoms with Gasteiger partial charge in [0.15, 0.2) is 0 Å². The number of rotatable bonds is 11. The minimum atomic E-state index is -0.832. The van der Waals surface area contributed by atoms with Crippen molar-refractivity contribution in [2.24, 2.45) is 5.92 Å². The number of nitrogens with one attached hydrogen (secondary N) is 2. The van der Waals surface area contributed by atoms with Crippen LogP contribution in [0.15, 0.2) is 24.5 Å². The summed E-state index contributed by atoms with van der Waals surface area (Å²) in [6, 6.07) is 3.78. The van der Waals surface area contributed by atoms with Crippen molar-refractivity contribution in [2.45, 2.75) is 77.5 Å². The lowest BCUT2D eigenvalue weighted by Gasteiger charge is -2.35. The van der Waals surface area contributed by atoms with Gasteiger partial charge in [-0.15, -0.1) is 0 Å². The number of carboxylic acids is 1. The predicted octanol–water partition coefficient (Wildman–Crippen LogP) is 3.81. The molecule has 1 unspecified atom stereocenters. The second-order valence-corrected chi connectivity index (χ2v) is 9.52. The SMILES string of the molecule is Cc1cncc(C)c1CNC(CCOC1CC(CCc2ccc3c(n2)NCCC3)C1)C(=O)O. The normalized spacial score (nSPS) is 20.4. The van der Waals surface area contributed by atoms with Crippen LogP contribution in [-0.4, -0.2) is 46.3 Å². The Morgan fingerprint density at radius 1 is 1.27 bits per heavy atom. The predicted molar refractivity (Wildman–Crippen MR) is 128 cm³/mol. The van der Waals surface area contributed by atoms with E-state index in [0.717, 1.165) is 61.2 Å². The van der Waals surface area contributed by atoms with Gasteiger partial charge in [-0.05, 0) is 93.0 Å². The minimum absolute atomic E-state index is 0.257. The number of anilines is 1. The Balaban J connectivity index is 1.14. The fraction of sp³-hybridized carbons (Fsp3) is 0.577. The van der Waals surface area contributed by atoms with Gasteiger partial charge in [-0.1, -0.05) is 6.07 Å². The quantitative estimate of drug-likeness (QED) is 0.477. The van der Waals surface area contributed by atoms with Crippen molar-refractivity contribution in [3.8, 4) is 0 Å². The number of hydrogen-bond donors (Lipinski definition) is 3. The minimum Gasteiger partial charge on any atom is -0.480 e. The van der Waals surface area contributed by atoms with Crippen LogP contribution in [0.1, 0.15) is 60.1 Å². The van der Waals surface area contributed by atoms with Gasteiger partial charge in [0.1, 0.15) is 11.9 Å². The topological polar surface area (TPSA) is 96.4 Å². The van der Waals surface area contributed by atoms with E-state index in [-0.39, 0.29) is 6.10 Å². The summed E-state index contributed by atoms with van der Waals surface area (Å²) in [5, 5.41) is 16.2. The molecule has 178 valence electrons. The van der Waals surface area contributed by atoms with E-state index in [1.54, 1.807) is 0 Å². The third-order valence-corrected chi connectivity index (χ3v) is 7.02. The van der Waals surface area contributed by atoms with E-state index in [0.29, 0.717) is 25.5 Å². The number of fused-ring (bicyclic) bond motifs is 1. The van der Waals surface area contributed by atoms with Gasteiger partial charge < -0.3 is 20.5 Å². The Kier molecular flexibility index (Phi) is 7.93. The van der Waals surface area contributed by atoms with Crippen LogP contribution in [0.25, 0.3) is 0 Å². The average Bonchev–Trinajstić information content (AvgIpc) is 2.77. The van der Waals surface area contributed by atoms with Gasteiger partial charge in [-0.2, -0.15) is 0 Å². The molecule has 0 aromatic carbocycles. The zero-order valence-electron chi connectivity index (χ0n) is 19.8. The van der Waals surface area contributed by atoms with Gasteiger partial charge in [0, 0.05) is 37.8 Å². The molecular formula is C26H36N4O3. The molecule has 0 bridgehead atoms. The first kappa shape index (κ1) is 23.6. The monoisotopic (exact) mass is 452 g/mol. The maximum atomic E-state index is 11.7. The number of nitrogens with zero attached hydrogens (tertiary/aromatic N) is 2. The molecule has 0 saturated heterocycles. The summed E-state index contributed by atoms with van der Waals surface area (Å²) in [6.45, 7) is 6.01. The van der Waals surface area contributed by atoms with Crippen LogP contribution >= 0.6 is 0 Å². The Morgan fingerprint density at radius 2 is 2.06 bits per heavy atom. The van der Waals surface area contributed by atoms with Crippen LogP contribution in [0.5, 0.6) is 0 Å². The molecule has 1 atom stereocenters. The summed E-state index contributed by atoms with van der Waals surface area (Å²) < 4.78 is 5.98. The summed E-state index contributed by atoms with van der Waals surface area (Å²) in [4.78, 5) is 20.6. The first-order valence-corrected chi connectivity index (χ1v) is 12.2. The standard InChI is InChI=1S/C26H36N4O3/c1-17-14-27-15-18(2)23(17)16-29-24(26(31)32)9-11-33-22-12-19(13-22)5-7-21-8-6-20-4-3-10-28-25(20)30-21/h6,8,14-15,19,22,24,29H,3-5,7,9-13,16H2,1-2H3,(H,28,30)(H,31,32). The summed E-state index contributed by atoms with van der Waals surface area (Å²) in [7, 11) is 0. The van der Waals surface area contributed by atoms with Crippen LogP contribution in [-0.2, 0) is 28.9 Å². The fourth-order valence-electron chi connectivity index (χ4n) is 4.80. The van der Waals surface area contributed by atoms with Gasteiger partial charge in [-0.3, -0.25) is 9.78 Å². The molecule has 1 saturated carbocycles. The van der Waals surface area contributed by atoms with E-state index in [1.807, 2.05) is 26.2 Å². The van der Waals surface area contributed by atoms with Crippen molar-refractivity contribution in [3.05, 3.63) is 52.5 Å². The summed E-state index contributed by atoms with van der Waals surface area (Å²) >= 11 is 0. The highest BCUT2D eigenvalue weighted by molar-refractivity contribution is 5.73. The maximum absolute atomic E-state index is 11.7. The molecule has 2 aromatic heterocycles. The van der Waals surface area contributed by atoms with Crippen molar-refractivity contribution in [1.82, 2.24) is 15.3 Å². The van der Waals surface area contributed by atoms with Crippen molar-refractivity contribution in [1.29, 1.82) is 0 Å². The number of hydrogen-bond acceptors (Lipinski definition) is 6. The van der Waals surface area contributed by atoms with Gasteiger partial charge in [0.2, 0.25) is 0 Å². The van der Waals surface area contributed by atoms with Crippen LogP contribution in [0.4, 0.5) is 5.82 Å². The Labute approximate surface area is 196 Å². The lowest BCUT2D eigenvalue weighted by atomic mass is 9.79. The zero-order valence-corrected chi connectivity index (χ0v) is 19.8. The van der Waals surface area contributed by atoms with Crippen LogP contribution in [0.3, 0.4) is 0 Å². The molecule has 1 fully saturated rings. The third kappa shape index (κ3) is 6.30. The number of ether oxygens (including phenoxy) is 1. The average molecular weight is 453 g/mol. The molecule has 0 amide bonds. The molecule has 1 aliphatic heterocycles. The van der Waals surface area contributed by atoms with Crippen molar-refractivity contribution < 1.29 is 14.6 Å². The van der Waals surface area contributed by atoms with E-state index >= 15 is 0 Å². The molecule has 7 nitrogen and oxygen atoms in total. The highest BCUT2D eigenvalue weighted by Gasteiger charge is 2.30. The zero-order chi connectivity index (χ0) is 23.2. The molecule has 7 heteroatoms. The highest BCUT2D eigenvalue weighted by atomic mass is 16.5. The van der Waals surface area contributed by atoms with Crippen molar-refractivity contribution in [2.75, 3.05) is 18.5 Å². The second-order valence-electron chi connectivity index (χ2n) is 9.52. The van der Waals surface area contributed by atoms with E-state index in [1.165, 1.54) is 17.7 Å². The Morgan fingerprint density at radius 3 is 2.82 bits per heavy atom. The highest BCUT2D eigenvalue weighted by Crippen LogP contribution is 2.34.